The summed E-state index contributed by atoms with van der Waals surface area (Å²) in [5, 5.41) is 4.62. The van der Waals surface area contributed by atoms with Gasteiger partial charge in [-0.2, -0.15) is 0 Å². The minimum absolute atomic E-state index is 0.0457. The van der Waals surface area contributed by atoms with Gasteiger partial charge in [0.15, 0.2) is 5.15 Å². The van der Waals surface area contributed by atoms with Gasteiger partial charge >= 0.3 is 0 Å². The van der Waals surface area contributed by atoms with Crippen LogP contribution in [0.5, 0.6) is 0 Å². The van der Waals surface area contributed by atoms with Gasteiger partial charge in [-0.05, 0) is 33.1 Å². The molecule has 0 N–H and O–H groups in total. The standard InChI is InChI=1S/C18H9Cl3N2S/c19-14-15(22-18(21)23-17(14)20)13-11-7-3-1-5-9(11)10-6-2-4-8-12(10)16(13)24/h1-8,24H. The van der Waals surface area contributed by atoms with E-state index in [1.807, 2.05) is 36.4 Å². The summed E-state index contributed by atoms with van der Waals surface area (Å²) in [4.78, 5) is 8.98. The number of fused-ring (bicyclic) bond motifs is 3. The number of hydrogen-bond donors (Lipinski definition) is 1. The minimum Gasteiger partial charge on any atom is -0.216 e. The molecule has 0 saturated heterocycles. The van der Waals surface area contributed by atoms with Gasteiger partial charge in [0.1, 0.15) is 5.02 Å². The summed E-state index contributed by atoms with van der Waals surface area (Å²) in [6.45, 7) is 0. The van der Waals surface area contributed by atoms with E-state index in [2.05, 4.69) is 22.1 Å². The molecule has 0 fully saturated rings. The van der Waals surface area contributed by atoms with Crippen molar-refractivity contribution in [3.8, 4) is 11.3 Å². The van der Waals surface area contributed by atoms with Crippen molar-refractivity contribution < 1.29 is 0 Å². The molecule has 1 heterocycles. The van der Waals surface area contributed by atoms with E-state index in [1.165, 1.54) is 0 Å². The molecule has 4 aromatic rings. The minimum atomic E-state index is 0.0457. The molecule has 0 spiro atoms. The van der Waals surface area contributed by atoms with Gasteiger partial charge in [0.2, 0.25) is 5.28 Å². The van der Waals surface area contributed by atoms with Gasteiger partial charge in [0.25, 0.3) is 0 Å². The summed E-state index contributed by atoms with van der Waals surface area (Å²) >= 11 is 23.2. The van der Waals surface area contributed by atoms with Crippen LogP contribution in [0.25, 0.3) is 32.8 Å². The third kappa shape index (κ3) is 2.44. The molecule has 0 atom stereocenters. The third-order valence-electron chi connectivity index (χ3n) is 3.93. The monoisotopic (exact) mass is 390 g/mol. The second-order valence-electron chi connectivity index (χ2n) is 5.26. The first-order valence-electron chi connectivity index (χ1n) is 7.09. The van der Waals surface area contributed by atoms with Crippen LogP contribution in [0, 0.1) is 0 Å². The molecular weight excluding hydrogens is 383 g/mol. The van der Waals surface area contributed by atoms with Crippen molar-refractivity contribution in [1.82, 2.24) is 9.97 Å². The average molecular weight is 392 g/mol. The Kier molecular flexibility index (Phi) is 4.05. The van der Waals surface area contributed by atoms with Crippen molar-refractivity contribution in [2.45, 2.75) is 4.90 Å². The van der Waals surface area contributed by atoms with Crippen LogP contribution in [0.15, 0.2) is 53.4 Å². The Labute approximate surface area is 158 Å². The Hall–Kier alpha value is -1.52. The Morgan fingerprint density at radius 3 is 1.92 bits per heavy atom. The van der Waals surface area contributed by atoms with Crippen molar-refractivity contribution in [2.75, 3.05) is 0 Å². The largest absolute Gasteiger partial charge is 0.224 e. The van der Waals surface area contributed by atoms with E-state index in [9.17, 15) is 0 Å². The smallest absolute Gasteiger partial charge is 0.216 e. The van der Waals surface area contributed by atoms with E-state index in [0.29, 0.717) is 5.69 Å². The Morgan fingerprint density at radius 2 is 1.25 bits per heavy atom. The third-order valence-corrected chi connectivity index (χ3v) is 5.29. The quantitative estimate of drug-likeness (QED) is 0.169. The Bertz CT molecular complexity index is 1110. The zero-order valence-corrected chi connectivity index (χ0v) is 15.3. The van der Waals surface area contributed by atoms with Crippen LogP contribution in [0.4, 0.5) is 0 Å². The number of rotatable bonds is 1. The lowest BCUT2D eigenvalue weighted by molar-refractivity contribution is 1.17. The van der Waals surface area contributed by atoms with Gasteiger partial charge < -0.3 is 0 Å². The summed E-state index contributed by atoms with van der Waals surface area (Å²) in [5.74, 6) is 0. The summed E-state index contributed by atoms with van der Waals surface area (Å²) in [5.41, 5.74) is 1.28. The highest BCUT2D eigenvalue weighted by Gasteiger charge is 2.19. The van der Waals surface area contributed by atoms with Gasteiger partial charge in [-0.25, -0.2) is 9.97 Å². The molecule has 0 radical (unpaired) electrons. The summed E-state index contributed by atoms with van der Waals surface area (Å²) in [6.07, 6.45) is 0. The topological polar surface area (TPSA) is 25.8 Å². The molecule has 2 nitrogen and oxygen atoms in total. The van der Waals surface area contributed by atoms with Crippen LogP contribution in [-0.2, 0) is 0 Å². The fourth-order valence-corrected chi connectivity index (χ4v) is 3.90. The van der Waals surface area contributed by atoms with Gasteiger partial charge in [-0.1, -0.05) is 71.7 Å². The molecule has 1 aromatic heterocycles. The maximum absolute atomic E-state index is 6.37. The van der Waals surface area contributed by atoms with Gasteiger partial charge in [-0.15, -0.1) is 12.6 Å². The number of halogens is 3. The molecule has 4 rings (SSSR count). The highest BCUT2D eigenvalue weighted by Crippen LogP contribution is 2.43. The zero-order valence-electron chi connectivity index (χ0n) is 12.1. The van der Waals surface area contributed by atoms with Crippen molar-refractivity contribution in [1.29, 1.82) is 0 Å². The fourth-order valence-electron chi connectivity index (χ4n) is 2.92. The van der Waals surface area contributed by atoms with Gasteiger partial charge in [0, 0.05) is 10.5 Å². The molecule has 3 aromatic carbocycles. The fraction of sp³-hybridized carbons (Fsp3) is 0. The van der Waals surface area contributed by atoms with Crippen LogP contribution < -0.4 is 0 Å². The molecule has 0 bridgehead atoms. The Morgan fingerprint density at radius 1 is 0.708 bits per heavy atom. The number of nitrogens with zero attached hydrogens (tertiary/aromatic N) is 2. The maximum Gasteiger partial charge on any atom is 0.224 e. The van der Waals surface area contributed by atoms with E-state index >= 15 is 0 Å². The van der Waals surface area contributed by atoms with E-state index in [-0.39, 0.29) is 15.5 Å². The molecule has 24 heavy (non-hydrogen) atoms. The molecule has 0 aliphatic carbocycles. The molecule has 0 amide bonds. The van der Waals surface area contributed by atoms with Crippen LogP contribution in [0.1, 0.15) is 0 Å². The maximum atomic E-state index is 6.37. The van der Waals surface area contributed by atoms with Crippen LogP contribution in [-0.4, -0.2) is 9.97 Å². The van der Waals surface area contributed by atoms with Gasteiger partial charge in [0.05, 0.1) is 5.69 Å². The van der Waals surface area contributed by atoms with Crippen molar-refractivity contribution in [2.24, 2.45) is 0 Å². The van der Waals surface area contributed by atoms with Crippen LogP contribution in [0.3, 0.4) is 0 Å². The number of aromatic nitrogens is 2. The lowest BCUT2D eigenvalue weighted by Gasteiger charge is -2.15. The van der Waals surface area contributed by atoms with E-state index in [1.54, 1.807) is 0 Å². The lowest BCUT2D eigenvalue weighted by atomic mass is 9.95. The molecule has 0 unspecified atom stereocenters. The van der Waals surface area contributed by atoms with Crippen LogP contribution >= 0.6 is 47.4 Å². The van der Waals surface area contributed by atoms with Crippen molar-refractivity contribution in [3.05, 3.63) is 64.0 Å². The van der Waals surface area contributed by atoms with E-state index in [0.717, 1.165) is 32.0 Å². The zero-order chi connectivity index (χ0) is 16.8. The Balaban J connectivity index is 2.25. The summed E-state index contributed by atoms with van der Waals surface area (Å²) in [6, 6.07) is 16.1. The van der Waals surface area contributed by atoms with E-state index < -0.39 is 0 Å². The van der Waals surface area contributed by atoms with E-state index in [4.69, 9.17) is 47.4 Å². The van der Waals surface area contributed by atoms with Crippen molar-refractivity contribution in [3.63, 3.8) is 0 Å². The molecule has 118 valence electrons. The molecular formula is C18H9Cl3N2S. The van der Waals surface area contributed by atoms with Gasteiger partial charge in [-0.3, -0.25) is 0 Å². The predicted octanol–water partition coefficient (Wildman–Crippen LogP) is 6.70. The first-order chi connectivity index (χ1) is 11.6. The molecule has 0 saturated carbocycles. The molecule has 0 aliphatic rings. The molecule has 6 heteroatoms. The number of thiol groups is 1. The lowest BCUT2D eigenvalue weighted by Crippen LogP contribution is -1.94. The first-order valence-corrected chi connectivity index (χ1v) is 8.67. The summed E-state index contributed by atoms with van der Waals surface area (Å²) < 4.78 is 0. The highest BCUT2D eigenvalue weighted by atomic mass is 35.5. The number of hydrogen-bond acceptors (Lipinski definition) is 3. The number of benzene rings is 3. The predicted molar refractivity (Wildman–Crippen MR) is 105 cm³/mol. The first kappa shape index (κ1) is 16.0. The van der Waals surface area contributed by atoms with Crippen molar-refractivity contribution >= 4 is 69.0 Å². The normalized spacial score (nSPS) is 11.3. The average Bonchev–Trinajstić information content (AvgIpc) is 2.59. The SMILES string of the molecule is Sc1c(-c2nc(Cl)nc(Cl)c2Cl)c2ccccc2c2ccccc12. The van der Waals surface area contributed by atoms with Crippen LogP contribution in [0.2, 0.25) is 15.5 Å². The second kappa shape index (κ2) is 6.08. The summed E-state index contributed by atoms with van der Waals surface area (Å²) in [7, 11) is 0. The highest BCUT2D eigenvalue weighted by molar-refractivity contribution is 7.80. The second-order valence-corrected chi connectivity index (χ2v) is 6.78. The molecule has 0 aliphatic heterocycles.